The Labute approximate surface area is 135 Å². The summed E-state index contributed by atoms with van der Waals surface area (Å²) in [5.41, 5.74) is 0.747. The van der Waals surface area contributed by atoms with Crippen molar-refractivity contribution >= 4 is 11.5 Å². The van der Waals surface area contributed by atoms with Crippen molar-refractivity contribution in [2.75, 3.05) is 5.32 Å². The predicted octanol–water partition coefficient (Wildman–Crippen LogP) is 3.90. The zero-order valence-corrected chi connectivity index (χ0v) is 12.1. The first kappa shape index (κ1) is 15.6. The van der Waals surface area contributed by atoms with Crippen LogP contribution in [0.4, 0.5) is 24.7 Å². The molecule has 2 heterocycles. The molecule has 120 valence electrons. The van der Waals surface area contributed by atoms with Gasteiger partial charge in [0, 0.05) is 12.3 Å². The van der Waals surface area contributed by atoms with E-state index in [4.69, 9.17) is 5.26 Å². The molecule has 0 unspecified atom stereocenters. The molecule has 0 aliphatic carbocycles. The van der Waals surface area contributed by atoms with Crippen molar-refractivity contribution in [3.05, 3.63) is 66.1 Å². The van der Waals surface area contributed by atoms with Gasteiger partial charge in [0.05, 0.1) is 23.1 Å². The van der Waals surface area contributed by atoms with E-state index in [0.717, 1.165) is 12.1 Å². The summed E-state index contributed by atoms with van der Waals surface area (Å²) in [5, 5.41) is 15.9. The molecule has 1 aromatic carbocycles. The van der Waals surface area contributed by atoms with Crippen molar-refractivity contribution in [1.82, 2.24) is 14.8 Å². The van der Waals surface area contributed by atoms with Gasteiger partial charge in [-0.05, 0) is 36.4 Å². The van der Waals surface area contributed by atoms with Crippen LogP contribution in [-0.4, -0.2) is 14.8 Å². The highest BCUT2D eigenvalue weighted by molar-refractivity contribution is 5.55. The second kappa shape index (κ2) is 6.04. The summed E-state index contributed by atoms with van der Waals surface area (Å²) in [6.45, 7) is 0. The molecule has 0 atom stereocenters. The van der Waals surface area contributed by atoms with E-state index in [9.17, 15) is 13.2 Å². The number of nitrogens with zero attached hydrogens (tertiary/aromatic N) is 4. The van der Waals surface area contributed by atoms with Crippen LogP contribution in [0.2, 0.25) is 0 Å². The maximum atomic E-state index is 12.6. The van der Waals surface area contributed by atoms with Crippen LogP contribution in [0.25, 0.3) is 5.69 Å². The summed E-state index contributed by atoms with van der Waals surface area (Å²) >= 11 is 0. The minimum atomic E-state index is -4.36. The third kappa shape index (κ3) is 3.35. The topological polar surface area (TPSA) is 66.5 Å². The van der Waals surface area contributed by atoms with E-state index in [1.165, 1.54) is 23.0 Å². The summed E-state index contributed by atoms with van der Waals surface area (Å²) in [6, 6.07) is 11.6. The van der Waals surface area contributed by atoms with Crippen molar-refractivity contribution < 1.29 is 13.2 Å². The minimum Gasteiger partial charge on any atom is -0.337 e. The quantitative estimate of drug-likeness (QED) is 0.791. The third-order valence-electron chi connectivity index (χ3n) is 3.20. The number of rotatable bonds is 3. The smallest absolute Gasteiger partial charge is 0.337 e. The molecule has 1 N–H and O–H groups in total. The van der Waals surface area contributed by atoms with Gasteiger partial charge in [-0.3, -0.25) is 0 Å². The molecular weight excluding hydrogens is 319 g/mol. The van der Waals surface area contributed by atoms with E-state index < -0.39 is 11.7 Å². The Kier molecular flexibility index (Phi) is 3.92. The molecule has 0 bridgehead atoms. The van der Waals surface area contributed by atoms with Crippen molar-refractivity contribution in [1.29, 1.82) is 5.26 Å². The minimum absolute atomic E-state index is 0.302. The average molecular weight is 329 g/mol. The third-order valence-corrected chi connectivity index (χ3v) is 3.20. The Balaban J connectivity index is 1.76. The first-order chi connectivity index (χ1) is 11.5. The zero-order chi connectivity index (χ0) is 17.2. The average Bonchev–Trinajstić information content (AvgIpc) is 3.03. The number of nitriles is 1. The Morgan fingerprint density at radius 3 is 2.38 bits per heavy atom. The van der Waals surface area contributed by atoms with Crippen LogP contribution >= 0.6 is 0 Å². The summed E-state index contributed by atoms with van der Waals surface area (Å²) in [5.74, 6) is 0.501. The number of nitrogens with one attached hydrogen (secondary N) is 1. The second-order valence-corrected chi connectivity index (χ2v) is 4.86. The van der Waals surface area contributed by atoms with Gasteiger partial charge in [0.1, 0.15) is 11.8 Å². The lowest BCUT2D eigenvalue weighted by Crippen LogP contribution is -2.05. The van der Waals surface area contributed by atoms with Gasteiger partial charge < -0.3 is 5.32 Å². The van der Waals surface area contributed by atoms with E-state index in [1.54, 1.807) is 24.4 Å². The molecule has 0 fully saturated rings. The molecule has 2 aromatic heterocycles. The van der Waals surface area contributed by atoms with Gasteiger partial charge >= 0.3 is 6.18 Å². The highest BCUT2D eigenvalue weighted by Gasteiger charge is 2.30. The highest BCUT2D eigenvalue weighted by atomic mass is 19.4. The molecule has 3 rings (SSSR count). The van der Waals surface area contributed by atoms with Crippen LogP contribution in [0.1, 0.15) is 11.3 Å². The Morgan fingerprint density at radius 2 is 1.79 bits per heavy atom. The first-order valence-electron chi connectivity index (χ1n) is 6.82. The number of benzene rings is 1. The summed E-state index contributed by atoms with van der Waals surface area (Å²) in [6.07, 6.45) is -1.24. The molecule has 0 amide bonds. The van der Waals surface area contributed by atoms with Crippen LogP contribution < -0.4 is 5.32 Å². The fraction of sp³-hybridized carbons (Fsp3) is 0.0625. The molecule has 0 saturated heterocycles. The normalized spacial score (nSPS) is 11.1. The van der Waals surface area contributed by atoms with Gasteiger partial charge in [0.15, 0.2) is 5.82 Å². The molecular formula is C16H10F3N5. The fourth-order valence-corrected chi connectivity index (χ4v) is 2.02. The number of hydrogen-bond donors (Lipinski definition) is 1. The highest BCUT2D eigenvalue weighted by Crippen LogP contribution is 2.29. The standard InChI is InChI=1S/C16H10F3N5/c17-16(18,19)11-1-5-14(6-2-11)24-8-7-15(23-24)22-13-4-3-12(9-20)21-10-13/h1-8,10H,(H,22,23). The van der Waals surface area contributed by atoms with Crippen molar-refractivity contribution in [3.63, 3.8) is 0 Å². The maximum absolute atomic E-state index is 12.6. The number of halogens is 3. The number of hydrogen-bond acceptors (Lipinski definition) is 4. The molecule has 24 heavy (non-hydrogen) atoms. The monoisotopic (exact) mass is 329 g/mol. The lowest BCUT2D eigenvalue weighted by Gasteiger charge is -2.07. The van der Waals surface area contributed by atoms with E-state index >= 15 is 0 Å². The Bertz CT molecular complexity index is 874. The molecule has 8 heteroatoms. The van der Waals surface area contributed by atoms with E-state index in [-0.39, 0.29) is 0 Å². The first-order valence-corrected chi connectivity index (χ1v) is 6.82. The van der Waals surface area contributed by atoms with Gasteiger partial charge in [-0.25, -0.2) is 9.67 Å². The Morgan fingerprint density at radius 1 is 1.04 bits per heavy atom. The Hall–Kier alpha value is -3.34. The number of alkyl halides is 3. The molecule has 0 saturated carbocycles. The van der Waals surface area contributed by atoms with E-state index in [2.05, 4.69) is 15.4 Å². The summed E-state index contributed by atoms with van der Waals surface area (Å²) in [7, 11) is 0. The lowest BCUT2D eigenvalue weighted by atomic mass is 10.2. The van der Waals surface area contributed by atoms with Crippen LogP contribution in [0, 0.1) is 11.3 Å². The van der Waals surface area contributed by atoms with Gasteiger partial charge in [-0.1, -0.05) is 0 Å². The van der Waals surface area contributed by atoms with Crippen LogP contribution in [0.3, 0.4) is 0 Å². The molecule has 0 spiro atoms. The van der Waals surface area contributed by atoms with Gasteiger partial charge in [-0.2, -0.15) is 23.5 Å². The van der Waals surface area contributed by atoms with Gasteiger partial charge in [0.25, 0.3) is 0 Å². The van der Waals surface area contributed by atoms with Crippen molar-refractivity contribution in [2.45, 2.75) is 6.18 Å². The number of aromatic nitrogens is 3. The van der Waals surface area contributed by atoms with Crippen LogP contribution in [-0.2, 0) is 6.18 Å². The van der Waals surface area contributed by atoms with Crippen LogP contribution in [0.15, 0.2) is 54.9 Å². The van der Waals surface area contributed by atoms with E-state index in [0.29, 0.717) is 22.9 Å². The van der Waals surface area contributed by atoms with Crippen LogP contribution in [0.5, 0.6) is 0 Å². The molecule has 0 radical (unpaired) electrons. The number of pyridine rings is 1. The van der Waals surface area contributed by atoms with Crippen molar-refractivity contribution in [3.8, 4) is 11.8 Å². The fourth-order valence-electron chi connectivity index (χ4n) is 2.02. The molecule has 3 aromatic rings. The molecule has 0 aliphatic rings. The lowest BCUT2D eigenvalue weighted by molar-refractivity contribution is -0.137. The number of anilines is 2. The second-order valence-electron chi connectivity index (χ2n) is 4.86. The maximum Gasteiger partial charge on any atom is 0.416 e. The summed E-state index contributed by atoms with van der Waals surface area (Å²) < 4.78 is 39.2. The molecule has 0 aliphatic heterocycles. The predicted molar refractivity (Wildman–Crippen MR) is 80.8 cm³/mol. The SMILES string of the molecule is N#Cc1ccc(Nc2ccn(-c3ccc(C(F)(F)F)cc3)n2)cn1. The largest absolute Gasteiger partial charge is 0.416 e. The van der Waals surface area contributed by atoms with Gasteiger partial charge in [0.2, 0.25) is 0 Å². The molecule has 5 nitrogen and oxygen atoms in total. The zero-order valence-electron chi connectivity index (χ0n) is 12.1. The van der Waals surface area contributed by atoms with Gasteiger partial charge in [-0.15, -0.1) is 0 Å². The summed E-state index contributed by atoms with van der Waals surface area (Å²) in [4.78, 5) is 3.93. The van der Waals surface area contributed by atoms with Crippen molar-refractivity contribution in [2.24, 2.45) is 0 Å². The van der Waals surface area contributed by atoms with E-state index in [1.807, 2.05) is 6.07 Å².